The van der Waals surface area contributed by atoms with E-state index in [9.17, 15) is 9.59 Å². The maximum atomic E-state index is 12.1. The highest BCUT2D eigenvalue weighted by Gasteiger charge is 2.21. The molecule has 0 saturated carbocycles. The van der Waals surface area contributed by atoms with E-state index in [4.69, 9.17) is 23.2 Å². The van der Waals surface area contributed by atoms with E-state index in [2.05, 4.69) is 21.1 Å². The molecule has 29 heavy (non-hydrogen) atoms. The van der Waals surface area contributed by atoms with E-state index in [0.717, 1.165) is 11.1 Å². The van der Waals surface area contributed by atoms with Gasteiger partial charge in [0.25, 0.3) is 11.8 Å². The summed E-state index contributed by atoms with van der Waals surface area (Å²) in [6, 6.07) is 14.2. The van der Waals surface area contributed by atoms with E-state index in [-0.39, 0.29) is 11.8 Å². The van der Waals surface area contributed by atoms with Gasteiger partial charge in [0.05, 0.1) is 22.9 Å². The molecule has 0 unspecified atom stereocenters. The maximum absolute atomic E-state index is 12.1. The zero-order valence-electron chi connectivity index (χ0n) is 15.8. The lowest BCUT2D eigenvalue weighted by Crippen LogP contribution is -2.33. The van der Waals surface area contributed by atoms with Gasteiger partial charge in [-0.3, -0.25) is 9.59 Å². The van der Waals surface area contributed by atoms with Crippen LogP contribution in [0.2, 0.25) is 10.0 Å². The predicted molar refractivity (Wildman–Crippen MR) is 121 cm³/mol. The molecule has 0 heterocycles. The fraction of sp³-hybridized carbons (Fsp3) is 0.200. The number of rotatable bonds is 8. The van der Waals surface area contributed by atoms with Gasteiger partial charge in [0.15, 0.2) is 0 Å². The van der Waals surface area contributed by atoms with Crippen LogP contribution in [0.5, 0.6) is 0 Å². The topological polar surface area (TPSA) is 82.9 Å². The molecular weight excluding hydrogens is 431 g/mol. The SMILES string of the molecule is C[C@H](S[C@@H](C)C(=O)N/N=C/c1cccc(Cl)c1)C(=O)N/N=C/c1cccc(Cl)c1. The summed E-state index contributed by atoms with van der Waals surface area (Å²) in [6.07, 6.45) is 3.00. The van der Waals surface area contributed by atoms with Crippen LogP contribution < -0.4 is 10.9 Å². The van der Waals surface area contributed by atoms with Gasteiger partial charge >= 0.3 is 0 Å². The van der Waals surface area contributed by atoms with Crippen molar-refractivity contribution in [3.05, 3.63) is 69.7 Å². The van der Waals surface area contributed by atoms with E-state index < -0.39 is 10.5 Å². The van der Waals surface area contributed by atoms with Crippen molar-refractivity contribution in [2.24, 2.45) is 10.2 Å². The van der Waals surface area contributed by atoms with Crippen molar-refractivity contribution in [3.63, 3.8) is 0 Å². The molecule has 9 heteroatoms. The highest BCUT2D eigenvalue weighted by atomic mass is 35.5. The van der Waals surface area contributed by atoms with Gasteiger partial charge in [0, 0.05) is 10.0 Å². The third-order valence-electron chi connectivity index (χ3n) is 3.62. The summed E-state index contributed by atoms with van der Waals surface area (Å²) in [5, 5.41) is 8.04. The van der Waals surface area contributed by atoms with Gasteiger partial charge in [-0.15, -0.1) is 11.8 Å². The summed E-state index contributed by atoms with van der Waals surface area (Å²) in [5.74, 6) is -0.620. The Hall–Kier alpha value is -2.35. The minimum absolute atomic E-state index is 0.310. The quantitative estimate of drug-likeness (QED) is 0.468. The van der Waals surface area contributed by atoms with Crippen molar-refractivity contribution >= 4 is 59.2 Å². The molecule has 0 aliphatic carbocycles. The number of thioether (sulfide) groups is 1. The number of nitrogens with zero attached hydrogens (tertiary/aromatic N) is 2. The Balaban J connectivity index is 1.78. The molecule has 2 N–H and O–H groups in total. The zero-order chi connectivity index (χ0) is 21.2. The van der Waals surface area contributed by atoms with Gasteiger partial charge in [0.1, 0.15) is 0 Å². The van der Waals surface area contributed by atoms with E-state index in [0.29, 0.717) is 10.0 Å². The van der Waals surface area contributed by atoms with Gasteiger partial charge < -0.3 is 0 Å². The number of halogens is 2. The minimum Gasteiger partial charge on any atom is -0.272 e. The fourth-order valence-electron chi connectivity index (χ4n) is 2.13. The average Bonchev–Trinajstić information content (AvgIpc) is 2.67. The smallest absolute Gasteiger partial charge is 0.252 e. The number of carbonyl (C=O) groups is 2. The number of hydrogen-bond acceptors (Lipinski definition) is 5. The molecule has 2 atom stereocenters. The third kappa shape index (κ3) is 8.27. The Kier molecular flexibility index (Phi) is 9.18. The van der Waals surface area contributed by atoms with Crippen molar-refractivity contribution in [3.8, 4) is 0 Å². The maximum Gasteiger partial charge on any atom is 0.252 e. The largest absolute Gasteiger partial charge is 0.272 e. The normalized spacial score (nSPS) is 13.4. The second-order valence-corrected chi connectivity index (χ2v) is 8.56. The van der Waals surface area contributed by atoms with Crippen molar-refractivity contribution in [2.45, 2.75) is 24.3 Å². The number of hydrazone groups is 2. The monoisotopic (exact) mass is 450 g/mol. The minimum atomic E-state index is -0.482. The fourth-order valence-corrected chi connectivity index (χ4v) is 3.49. The number of hydrogen-bond donors (Lipinski definition) is 2. The molecule has 0 spiro atoms. The predicted octanol–water partition coefficient (Wildman–Crippen LogP) is 4.10. The molecule has 0 aliphatic heterocycles. The number of amides is 2. The molecule has 2 aromatic rings. The van der Waals surface area contributed by atoms with Crippen molar-refractivity contribution in [1.82, 2.24) is 10.9 Å². The van der Waals surface area contributed by atoms with Crippen LogP contribution in [0.4, 0.5) is 0 Å². The first-order valence-corrected chi connectivity index (χ1v) is 10.4. The van der Waals surface area contributed by atoms with Crippen LogP contribution in [0.1, 0.15) is 25.0 Å². The number of benzene rings is 2. The second-order valence-electron chi connectivity index (χ2n) is 6.00. The molecule has 0 aliphatic rings. The van der Waals surface area contributed by atoms with Crippen LogP contribution >= 0.6 is 35.0 Å². The Morgan fingerprint density at radius 1 is 0.862 bits per heavy atom. The van der Waals surface area contributed by atoms with Gasteiger partial charge in [-0.25, -0.2) is 10.9 Å². The molecule has 152 valence electrons. The summed E-state index contributed by atoms with van der Waals surface area (Å²) in [6.45, 7) is 3.40. The molecule has 0 radical (unpaired) electrons. The van der Waals surface area contributed by atoms with E-state index in [1.54, 1.807) is 50.2 Å². The standard InChI is InChI=1S/C20H20Cl2N4O2S/c1-13(19(27)25-23-11-15-5-3-7-17(21)9-15)29-14(2)20(28)26-24-12-16-6-4-8-18(22)10-16/h3-14H,1-2H3,(H,25,27)(H,26,28)/b23-11+,24-12+/t13-,14-/m0/s1. The van der Waals surface area contributed by atoms with Crippen LogP contribution in [-0.2, 0) is 9.59 Å². The molecule has 6 nitrogen and oxygen atoms in total. The molecule has 2 rings (SSSR count). The highest BCUT2D eigenvalue weighted by Crippen LogP contribution is 2.18. The third-order valence-corrected chi connectivity index (χ3v) is 5.34. The molecule has 0 fully saturated rings. The van der Waals surface area contributed by atoms with Gasteiger partial charge in [0.2, 0.25) is 0 Å². The molecule has 0 bridgehead atoms. The van der Waals surface area contributed by atoms with Gasteiger partial charge in [-0.05, 0) is 49.2 Å². The first-order valence-electron chi connectivity index (χ1n) is 8.67. The van der Waals surface area contributed by atoms with E-state index in [1.165, 1.54) is 24.2 Å². The second kappa shape index (κ2) is 11.6. The highest BCUT2D eigenvalue weighted by molar-refractivity contribution is 8.01. The van der Waals surface area contributed by atoms with Crippen molar-refractivity contribution < 1.29 is 9.59 Å². The number of nitrogens with one attached hydrogen (secondary N) is 2. The summed E-state index contributed by atoms with van der Waals surface area (Å²) >= 11 is 13.0. The molecule has 0 aromatic heterocycles. The Morgan fingerprint density at radius 3 is 1.66 bits per heavy atom. The van der Waals surface area contributed by atoms with Crippen LogP contribution in [0.25, 0.3) is 0 Å². The summed E-state index contributed by atoms with van der Waals surface area (Å²) < 4.78 is 0. The van der Waals surface area contributed by atoms with Crippen molar-refractivity contribution in [1.29, 1.82) is 0 Å². The molecule has 2 amide bonds. The molecule has 2 aromatic carbocycles. The Morgan fingerprint density at radius 2 is 1.28 bits per heavy atom. The van der Waals surface area contributed by atoms with Gasteiger partial charge in [-0.2, -0.15) is 10.2 Å². The van der Waals surface area contributed by atoms with Gasteiger partial charge in [-0.1, -0.05) is 47.5 Å². The first-order chi connectivity index (χ1) is 13.8. The Bertz CT molecular complexity index is 847. The Labute approximate surface area is 183 Å². The molecule has 0 saturated heterocycles. The summed E-state index contributed by atoms with van der Waals surface area (Å²) in [5.41, 5.74) is 6.45. The van der Waals surface area contributed by atoms with E-state index >= 15 is 0 Å². The van der Waals surface area contributed by atoms with Crippen LogP contribution in [0.3, 0.4) is 0 Å². The average molecular weight is 451 g/mol. The number of carbonyl (C=O) groups excluding carboxylic acids is 2. The zero-order valence-corrected chi connectivity index (χ0v) is 18.1. The van der Waals surface area contributed by atoms with Crippen LogP contribution in [-0.4, -0.2) is 34.7 Å². The first kappa shape index (κ1) is 22.9. The summed E-state index contributed by atoms with van der Waals surface area (Å²) in [4.78, 5) is 24.3. The van der Waals surface area contributed by atoms with Crippen LogP contribution in [0, 0.1) is 0 Å². The summed E-state index contributed by atoms with van der Waals surface area (Å²) in [7, 11) is 0. The van der Waals surface area contributed by atoms with E-state index in [1.807, 2.05) is 12.1 Å². The van der Waals surface area contributed by atoms with Crippen molar-refractivity contribution in [2.75, 3.05) is 0 Å². The lowest BCUT2D eigenvalue weighted by molar-refractivity contribution is -0.120. The lowest BCUT2D eigenvalue weighted by atomic mass is 10.2. The van der Waals surface area contributed by atoms with Crippen LogP contribution in [0.15, 0.2) is 58.7 Å². The molecular formula is C20H20Cl2N4O2S. The lowest BCUT2D eigenvalue weighted by Gasteiger charge is -2.14.